The van der Waals surface area contributed by atoms with E-state index in [0.29, 0.717) is 19.6 Å². The fourth-order valence-corrected chi connectivity index (χ4v) is 4.30. The van der Waals surface area contributed by atoms with Gasteiger partial charge < -0.3 is 4.74 Å². The van der Waals surface area contributed by atoms with Gasteiger partial charge in [0.1, 0.15) is 11.5 Å². The number of aromatic nitrogens is 1. The van der Waals surface area contributed by atoms with Gasteiger partial charge >= 0.3 is 12.0 Å². The molecule has 3 heterocycles. The highest BCUT2D eigenvalue weighted by Crippen LogP contribution is 2.36. The summed E-state index contributed by atoms with van der Waals surface area (Å²) in [5, 5.41) is 0.820. The second kappa shape index (κ2) is 6.93. The minimum Gasteiger partial charge on any atom is -0.393 e. The number of amides is 2. The average molecular weight is 360 g/mol. The fraction of sp³-hybridized carbons (Fsp3) is 0.389. The topological polar surface area (TPSA) is 59.5 Å². The quantitative estimate of drug-likeness (QED) is 0.766. The van der Waals surface area contributed by atoms with Crippen LogP contribution in [0.2, 0.25) is 0 Å². The number of pyridine rings is 1. The number of likely N-dealkylation sites (N-methyl/N-ethyl adjacent to an activating group) is 1. The van der Waals surface area contributed by atoms with E-state index in [1.54, 1.807) is 24.2 Å². The van der Waals surface area contributed by atoms with Gasteiger partial charge in [0.2, 0.25) is 0 Å². The molecule has 0 unspecified atom stereocenters. The normalized spacial score (nSPS) is 17.6. The van der Waals surface area contributed by atoms with Crippen LogP contribution in [0.15, 0.2) is 36.7 Å². The van der Waals surface area contributed by atoms with Crippen LogP contribution in [0.3, 0.4) is 0 Å². The zero-order valence-electron chi connectivity index (χ0n) is 14.6. The Morgan fingerprint density at radius 1 is 1.36 bits per heavy atom. The van der Waals surface area contributed by atoms with Crippen LogP contribution in [-0.4, -0.2) is 47.3 Å². The summed E-state index contributed by atoms with van der Waals surface area (Å²) >= 11 is 1.52. The van der Waals surface area contributed by atoms with Crippen LogP contribution in [-0.2, 0) is 9.53 Å². The molecule has 0 bridgehead atoms. The molecule has 0 saturated carbocycles. The summed E-state index contributed by atoms with van der Waals surface area (Å²) in [6.07, 6.45) is 2.67. The molecule has 2 aromatic rings. The monoisotopic (exact) mass is 360 g/mol. The molecule has 0 aliphatic carbocycles. The Morgan fingerprint density at radius 3 is 2.72 bits per heavy atom. The third kappa shape index (κ3) is 3.05. The molecule has 3 rings (SSSR count). The molecule has 2 aromatic heterocycles. The first-order chi connectivity index (χ1) is 12.0. The first kappa shape index (κ1) is 17.6. The molecule has 0 radical (unpaired) electrons. The van der Waals surface area contributed by atoms with E-state index in [0.717, 1.165) is 15.4 Å². The van der Waals surface area contributed by atoms with Gasteiger partial charge in [-0.25, -0.2) is 14.1 Å². The van der Waals surface area contributed by atoms with E-state index >= 15 is 0 Å². The van der Waals surface area contributed by atoms with E-state index in [4.69, 9.17) is 4.74 Å². The number of carbonyl (C=O) groups is 2. The van der Waals surface area contributed by atoms with Crippen LogP contribution in [0.1, 0.15) is 20.8 Å². The second-order valence-electron chi connectivity index (χ2n) is 6.01. The summed E-state index contributed by atoms with van der Waals surface area (Å²) in [4.78, 5) is 31.4. The van der Waals surface area contributed by atoms with Crippen LogP contribution in [0.25, 0.3) is 10.4 Å². The lowest BCUT2D eigenvalue weighted by Crippen LogP contribution is -2.59. The average Bonchev–Trinajstić information content (AvgIpc) is 3.24. The predicted octanol–water partition coefficient (Wildman–Crippen LogP) is 3.50. The van der Waals surface area contributed by atoms with Crippen molar-refractivity contribution in [3.63, 3.8) is 0 Å². The lowest BCUT2D eigenvalue weighted by molar-refractivity contribution is -0.893. The smallest absolute Gasteiger partial charge is 0.393 e. The van der Waals surface area contributed by atoms with Gasteiger partial charge in [0.05, 0.1) is 20.0 Å². The van der Waals surface area contributed by atoms with Crippen molar-refractivity contribution in [1.29, 1.82) is 0 Å². The molecule has 1 atom stereocenters. The molecule has 1 aliphatic rings. The number of cyclic esters (lactones) is 1. The summed E-state index contributed by atoms with van der Waals surface area (Å²) < 4.78 is 5.74. The Labute approximate surface area is 151 Å². The lowest BCUT2D eigenvalue weighted by Gasteiger charge is -2.36. The Bertz CT molecular complexity index is 771. The third-order valence-electron chi connectivity index (χ3n) is 4.91. The molecule has 0 aromatic carbocycles. The second-order valence-corrected chi connectivity index (χ2v) is 7.08. The van der Waals surface area contributed by atoms with Gasteiger partial charge in [0.25, 0.3) is 6.23 Å². The Hall–Kier alpha value is -2.25. The molecule has 0 spiro atoms. The van der Waals surface area contributed by atoms with Crippen molar-refractivity contribution >= 4 is 28.3 Å². The maximum absolute atomic E-state index is 12.4. The van der Waals surface area contributed by atoms with E-state index in [1.807, 2.05) is 38.1 Å². The maximum Gasteiger partial charge on any atom is 0.419 e. The number of hydrogen-bond acceptors (Lipinski definition) is 5. The molecule has 25 heavy (non-hydrogen) atoms. The van der Waals surface area contributed by atoms with Crippen LogP contribution >= 0.6 is 11.3 Å². The van der Waals surface area contributed by atoms with Gasteiger partial charge in [-0.15, -0.1) is 11.3 Å². The van der Waals surface area contributed by atoms with E-state index in [2.05, 4.69) is 4.98 Å². The number of hydrogen-bond donors (Lipinski definition) is 0. The number of ether oxygens (including phenoxy) is 1. The van der Waals surface area contributed by atoms with Gasteiger partial charge in [0.15, 0.2) is 0 Å². The zero-order chi connectivity index (χ0) is 18.0. The van der Waals surface area contributed by atoms with E-state index in [9.17, 15) is 9.59 Å². The van der Waals surface area contributed by atoms with Gasteiger partial charge in [-0.2, -0.15) is 0 Å². The van der Waals surface area contributed by atoms with Crippen molar-refractivity contribution in [3.8, 4) is 10.4 Å². The van der Waals surface area contributed by atoms with Crippen molar-refractivity contribution in [3.05, 3.63) is 36.7 Å². The first-order valence-electron chi connectivity index (χ1n) is 8.38. The molecular formula is C18H22N3O3S+. The molecule has 1 aliphatic heterocycles. The molecule has 2 amide bonds. The van der Waals surface area contributed by atoms with Gasteiger partial charge in [-0.1, -0.05) is 6.07 Å². The highest BCUT2D eigenvalue weighted by molar-refractivity contribution is 7.19. The molecule has 0 N–H and O–H groups in total. The summed E-state index contributed by atoms with van der Waals surface area (Å²) in [6.45, 7) is 7.05. The van der Waals surface area contributed by atoms with Crippen LogP contribution < -0.4 is 4.90 Å². The third-order valence-corrected chi connectivity index (χ3v) is 6.06. The zero-order valence-corrected chi connectivity index (χ0v) is 15.5. The molecule has 7 heteroatoms. The largest absolute Gasteiger partial charge is 0.419 e. The standard InChI is InChI=1S/C18H22N3O3S/c1-4-21(5-2,13(3)22)17-12-20(18(23)24-17)16-9-8-15(25-16)14-7-6-10-19-11-14/h6-11,17H,4-5,12H2,1-3H3/q+1/t17-/m0/s1. The maximum atomic E-state index is 12.4. The predicted molar refractivity (Wildman–Crippen MR) is 97.2 cm³/mol. The van der Waals surface area contributed by atoms with E-state index < -0.39 is 12.3 Å². The highest BCUT2D eigenvalue weighted by Gasteiger charge is 2.48. The van der Waals surface area contributed by atoms with Crippen molar-refractivity contribution in [1.82, 2.24) is 4.98 Å². The Morgan fingerprint density at radius 2 is 2.12 bits per heavy atom. The summed E-state index contributed by atoms with van der Waals surface area (Å²) in [5.74, 6) is 0.0203. The first-order valence-corrected chi connectivity index (χ1v) is 9.19. The summed E-state index contributed by atoms with van der Waals surface area (Å²) in [7, 11) is 0. The molecule has 1 saturated heterocycles. The number of rotatable bonds is 5. The minimum absolute atomic E-state index is 0.0203. The van der Waals surface area contributed by atoms with Crippen molar-refractivity contribution < 1.29 is 18.8 Å². The SMILES string of the molecule is CC[N+](CC)(C(C)=O)[C@@H]1CN(c2ccc(-c3cccnc3)s2)C(=O)O1. The van der Waals surface area contributed by atoms with Crippen LogP contribution in [0, 0.1) is 0 Å². The summed E-state index contributed by atoms with van der Waals surface area (Å²) in [6, 6.07) is 7.76. The number of anilines is 1. The number of nitrogens with zero attached hydrogens (tertiary/aromatic N) is 3. The number of carbonyl (C=O) groups excluding carboxylic acids is 2. The van der Waals surface area contributed by atoms with Crippen molar-refractivity contribution in [2.45, 2.75) is 27.0 Å². The molecule has 132 valence electrons. The molecular weight excluding hydrogens is 338 g/mol. The van der Waals surface area contributed by atoms with E-state index in [1.165, 1.54) is 11.3 Å². The Balaban J connectivity index is 1.84. The number of thiophene rings is 1. The van der Waals surface area contributed by atoms with Crippen molar-refractivity contribution in [2.24, 2.45) is 0 Å². The van der Waals surface area contributed by atoms with Crippen LogP contribution in [0.5, 0.6) is 0 Å². The summed E-state index contributed by atoms with van der Waals surface area (Å²) in [5.41, 5.74) is 1.01. The van der Waals surface area contributed by atoms with Crippen molar-refractivity contribution in [2.75, 3.05) is 24.5 Å². The Kier molecular flexibility index (Phi) is 4.87. The van der Waals surface area contributed by atoms with Gasteiger partial charge in [-0.05, 0) is 32.0 Å². The highest BCUT2D eigenvalue weighted by atomic mass is 32.1. The fourth-order valence-electron chi connectivity index (χ4n) is 3.30. The lowest BCUT2D eigenvalue weighted by atomic mass is 10.2. The molecule has 6 nitrogen and oxygen atoms in total. The number of quaternary nitrogens is 1. The van der Waals surface area contributed by atoms with Gasteiger partial charge in [0, 0.05) is 22.8 Å². The minimum atomic E-state index is -0.469. The van der Waals surface area contributed by atoms with Gasteiger partial charge in [-0.3, -0.25) is 9.88 Å². The molecule has 1 fully saturated rings. The van der Waals surface area contributed by atoms with E-state index in [-0.39, 0.29) is 10.4 Å². The van der Waals surface area contributed by atoms with Crippen LogP contribution in [0.4, 0.5) is 9.80 Å².